The highest BCUT2D eigenvalue weighted by Gasteiger charge is 2.06. The minimum absolute atomic E-state index is 0.0846. The molecule has 3 nitrogen and oxygen atoms in total. The van der Waals surface area contributed by atoms with Gasteiger partial charge >= 0.3 is 0 Å². The third-order valence-electron chi connectivity index (χ3n) is 4.40. The molecular weight excluding hydrogens is 310 g/mol. The second-order valence-electron chi connectivity index (χ2n) is 6.56. The van der Waals surface area contributed by atoms with Gasteiger partial charge in [0.25, 0.3) is 0 Å². The molecule has 1 amide bonds. The van der Waals surface area contributed by atoms with Crippen LogP contribution in [0.25, 0.3) is 0 Å². The summed E-state index contributed by atoms with van der Waals surface area (Å²) in [6.45, 7) is 7.55. The van der Waals surface area contributed by atoms with Crippen LogP contribution in [0.4, 0.5) is 0 Å². The number of hydrogen-bond donors (Lipinski definition) is 1. The van der Waals surface area contributed by atoms with Crippen LogP contribution in [0.1, 0.15) is 48.1 Å². The van der Waals surface area contributed by atoms with Gasteiger partial charge in [0.05, 0.1) is 6.10 Å². The Kier molecular flexibility index (Phi) is 7.68. The second-order valence-corrected chi connectivity index (χ2v) is 6.56. The molecule has 0 aliphatic rings. The van der Waals surface area contributed by atoms with Crippen molar-refractivity contribution in [1.29, 1.82) is 0 Å². The lowest BCUT2D eigenvalue weighted by atomic mass is 10.0. The van der Waals surface area contributed by atoms with Gasteiger partial charge in [-0.1, -0.05) is 54.1 Å². The molecule has 0 radical (unpaired) electrons. The summed E-state index contributed by atoms with van der Waals surface area (Å²) in [5.41, 5.74) is 4.95. The van der Waals surface area contributed by atoms with Crippen molar-refractivity contribution in [2.45, 2.75) is 46.1 Å². The van der Waals surface area contributed by atoms with Crippen molar-refractivity contribution in [3.8, 4) is 0 Å². The predicted octanol–water partition coefficient (Wildman–Crippen LogP) is 4.52. The number of benzene rings is 2. The Morgan fingerprint density at radius 3 is 2.60 bits per heavy atom. The maximum atomic E-state index is 12.0. The Bertz CT molecular complexity index is 667. The van der Waals surface area contributed by atoms with Crippen molar-refractivity contribution in [1.82, 2.24) is 5.32 Å². The Morgan fingerprint density at radius 2 is 1.88 bits per heavy atom. The highest BCUT2D eigenvalue weighted by Crippen LogP contribution is 2.15. The zero-order valence-electron chi connectivity index (χ0n) is 15.5. The molecule has 0 aromatic heterocycles. The number of carbonyl (C=O) groups excluding carboxylic acids is 1. The molecule has 2 aromatic carbocycles. The van der Waals surface area contributed by atoms with Crippen LogP contribution in [0.15, 0.2) is 48.5 Å². The first-order valence-electron chi connectivity index (χ1n) is 9.05. The zero-order chi connectivity index (χ0) is 18.1. The molecule has 1 N–H and O–H groups in total. The fraction of sp³-hybridized carbons (Fsp3) is 0.409. The Labute approximate surface area is 151 Å². The van der Waals surface area contributed by atoms with Crippen molar-refractivity contribution in [3.63, 3.8) is 0 Å². The van der Waals surface area contributed by atoms with Crippen molar-refractivity contribution < 1.29 is 9.53 Å². The van der Waals surface area contributed by atoms with E-state index in [4.69, 9.17) is 4.74 Å². The topological polar surface area (TPSA) is 38.3 Å². The normalized spacial score (nSPS) is 12.0. The number of amides is 1. The van der Waals surface area contributed by atoms with Crippen molar-refractivity contribution >= 4 is 5.91 Å². The van der Waals surface area contributed by atoms with E-state index in [1.165, 1.54) is 22.3 Å². The van der Waals surface area contributed by atoms with E-state index in [9.17, 15) is 4.79 Å². The number of nitrogens with one attached hydrogen (secondary N) is 1. The summed E-state index contributed by atoms with van der Waals surface area (Å²) in [5, 5.41) is 2.98. The van der Waals surface area contributed by atoms with Gasteiger partial charge in [-0.3, -0.25) is 4.79 Å². The van der Waals surface area contributed by atoms with Gasteiger partial charge in [-0.2, -0.15) is 0 Å². The molecule has 0 aliphatic heterocycles. The molecule has 0 saturated heterocycles. The number of ether oxygens (including phenoxy) is 1. The largest absolute Gasteiger partial charge is 0.374 e. The maximum Gasteiger partial charge on any atom is 0.220 e. The smallest absolute Gasteiger partial charge is 0.220 e. The van der Waals surface area contributed by atoms with Crippen LogP contribution in [-0.4, -0.2) is 19.1 Å². The van der Waals surface area contributed by atoms with Gasteiger partial charge in [-0.25, -0.2) is 0 Å². The lowest BCUT2D eigenvalue weighted by Crippen LogP contribution is -2.25. The zero-order valence-corrected chi connectivity index (χ0v) is 15.5. The summed E-state index contributed by atoms with van der Waals surface area (Å²) in [6, 6.07) is 16.6. The van der Waals surface area contributed by atoms with Crippen LogP contribution >= 0.6 is 0 Å². The van der Waals surface area contributed by atoms with Crippen LogP contribution in [0.2, 0.25) is 0 Å². The van der Waals surface area contributed by atoms with Crippen molar-refractivity contribution in [2.75, 3.05) is 13.2 Å². The molecule has 0 bridgehead atoms. The molecule has 1 unspecified atom stereocenters. The molecule has 0 fully saturated rings. The van der Waals surface area contributed by atoms with E-state index in [0.717, 1.165) is 12.8 Å². The highest BCUT2D eigenvalue weighted by atomic mass is 16.5. The number of hydrogen-bond acceptors (Lipinski definition) is 2. The Balaban J connectivity index is 1.59. The van der Waals surface area contributed by atoms with Gasteiger partial charge in [-0.15, -0.1) is 0 Å². The molecule has 0 aliphatic carbocycles. The third kappa shape index (κ3) is 6.71. The average Bonchev–Trinajstić information content (AvgIpc) is 2.61. The molecule has 3 heteroatoms. The summed E-state index contributed by atoms with van der Waals surface area (Å²) in [4.78, 5) is 12.0. The Hall–Kier alpha value is -2.13. The van der Waals surface area contributed by atoms with Gasteiger partial charge in [0.1, 0.15) is 0 Å². The number of rotatable bonds is 9. The van der Waals surface area contributed by atoms with E-state index in [1.807, 2.05) is 18.2 Å². The minimum atomic E-state index is 0.0846. The molecule has 25 heavy (non-hydrogen) atoms. The summed E-state index contributed by atoms with van der Waals surface area (Å²) >= 11 is 0. The first-order valence-corrected chi connectivity index (χ1v) is 9.05. The van der Waals surface area contributed by atoms with E-state index in [2.05, 4.69) is 56.4 Å². The summed E-state index contributed by atoms with van der Waals surface area (Å²) < 4.78 is 5.81. The predicted molar refractivity (Wildman–Crippen MR) is 103 cm³/mol. The van der Waals surface area contributed by atoms with Gasteiger partial charge in [0.2, 0.25) is 5.91 Å². The molecule has 2 aromatic rings. The molecule has 0 heterocycles. The van der Waals surface area contributed by atoms with Gasteiger partial charge in [0.15, 0.2) is 0 Å². The van der Waals surface area contributed by atoms with E-state index < -0.39 is 0 Å². The van der Waals surface area contributed by atoms with E-state index in [-0.39, 0.29) is 12.0 Å². The lowest BCUT2D eigenvalue weighted by molar-refractivity contribution is -0.121. The molecule has 0 saturated carbocycles. The first-order chi connectivity index (χ1) is 12.1. The number of carbonyl (C=O) groups is 1. The molecule has 2 rings (SSSR count). The standard InChI is InChI=1S/C22H29NO2/c1-17-10-11-20(18(2)16-17)12-13-22(24)23-14-7-15-25-19(3)21-8-5-4-6-9-21/h4-6,8-11,16,19H,7,12-15H2,1-3H3,(H,23,24). The van der Waals surface area contributed by atoms with E-state index in [0.29, 0.717) is 19.6 Å². The fourth-order valence-corrected chi connectivity index (χ4v) is 2.84. The lowest BCUT2D eigenvalue weighted by Gasteiger charge is -2.13. The summed E-state index contributed by atoms with van der Waals surface area (Å²) in [7, 11) is 0. The highest BCUT2D eigenvalue weighted by molar-refractivity contribution is 5.76. The molecular formula is C22H29NO2. The quantitative estimate of drug-likeness (QED) is 0.682. The monoisotopic (exact) mass is 339 g/mol. The molecule has 1 atom stereocenters. The summed E-state index contributed by atoms with van der Waals surface area (Å²) in [5.74, 6) is 0.107. The van der Waals surface area contributed by atoms with Gasteiger partial charge < -0.3 is 10.1 Å². The van der Waals surface area contributed by atoms with Crippen LogP contribution in [0, 0.1) is 13.8 Å². The van der Waals surface area contributed by atoms with Crippen LogP contribution < -0.4 is 5.32 Å². The number of aryl methyl sites for hydroxylation is 3. The van der Waals surface area contributed by atoms with Gasteiger partial charge in [-0.05, 0) is 50.3 Å². The minimum Gasteiger partial charge on any atom is -0.374 e. The molecule has 0 spiro atoms. The third-order valence-corrected chi connectivity index (χ3v) is 4.40. The van der Waals surface area contributed by atoms with Crippen LogP contribution in [0.5, 0.6) is 0 Å². The second kappa shape index (κ2) is 10.00. The summed E-state index contributed by atoms with van der Waals surface area (Å²) in [6.07, 6.45) is 2.23. The van der Waals surface area contributed by atoms with Gasteiger partial charge in [0, 0.05) is 19.6 Å². The SMILES string of the molecule is Cc1ccc(CCC(=O)NCCCOC(C)c2ccccc2)c(C)c1. The van der Waals surface area contributed by atoms with Crippen molar-refractivity contribution in [3.05, 3.63) is 70.8 Å². The molecule has 134 valence electrons. The Morgan fingerprint density at radius 1 is 1.12 bits per heavy atom. The average molecular weight is 339 g/mol. The van der Waals surface area contributed by atoms with Crippen LogP contribution in [-0.2, 0) is 16.0 Å². The van der Waals surface area contributed by atoms with Crippen molar-refractivity contribution in [2.24, 2.45) is 0 Å². The maximum absolute atomic E-state index is 12.0. The van der Waals surface area contributed by atoms with E-state index in [1.54, 1.807) is 0 Å². The first kappa shape index (κ1) is 19.2. The van der Waals surface area contributed by atoms with E-state index >= 15 is 0 Å². The van der Waals surface area contributed by atoms with Crippen LogP contribution in [0.3, 0.4) is 0 Å². The fourth-order valence-electron chi connectivity index (χ4n) is 2.84.